The van der Waals surface area contributed by atoms with Gasteiger partial charge in [-0.3, -0.25) is 5.32 Å². The lowest BCUT2D eigenvalue weighted by Crippen LogP contribution is -2.55. The van der Waals surface area contributed by atoms with E-state index in [1.807, 2.05) is 0 Å². The first kappa shape index (κ1) is 11.4. The van der Waals surface area contributed by atoms with Crippen molar-refractivity contribution in [3.05, 3.63) is 0 Å². The molecule has 0 aromatic heterocycles. The molecule has 3 heteroatoms. The van der Waals surface area contributed by atoms with Crippen molar-refractivity contribution in [3.63, 3.8) is 0 Å². The maximum Gasteiger partial charge on any atom is 0.117 e. The van der Waals surface area contributed by atoms with Crippen molar-refractivity contribution in [2.45, 2.75) is 51.3 Å². The van der Waals surface area contributed by atoms with E-state index in [0.717, 1.165) is 19.6 Å². The molecule has 0 aromatic carbocycles. The van der Waals surface area contributed by atoms with Crippen LogP contribution in [0.1, 0.15) is 39.5 Å². The molecule has 3 nitrogen and oxygen atoms in total. The fourth-order valence-electron chi connectivity index (χ4n) is 2.53. The van der Waals surface area contributed by atoms with Crippen molar-refractivity contribution < 1.29 is 4.74 Å². The van der Waals surface area contributed by atoms with Gasteiger partial charge >= 0.3 is 0 Å². The average Bonchev–Trinajstić information content (AvgIpc) is 2.24. The summed E-state index contributed by atoms with van der Waals surface area (Å²) in [5.41, 5.74) is -0.0957. The van der Waals surface area contributed by atoms with Crippen LogP contribution >= 0.6 is 0 Å². The van der Waals surface area contributed by atoms with Gasteiger partial charge in [0.2, 0.25) is 0 Å². The Morgan fingerprint density at radius 2 is 2.27 bits per heavy atom. The Bertz CT molecular complexity index is 194. The van der Waals surface area contributed by atoms with Crippen LogP contribution in [0.3, 0.4) is 0 Å². The molecule has 88 valence electrons. The smallest absolute Gasteiger partial charge is 0.117 e. The maximum absolute atomic E-state index is 5.93. The molecule has 0 amide bonds. The summed E-state index contributed by atoms with van der Waals surface area (Å²) in [7, 11) is 0. The van der Waals surface area contributed by atoms with Gasteiger partial charge in [-0.1, -0.05) is 13.3 Å². The molecule has 3 unspecified atom stereocenters. The molecular formula is C12H24N2O. The highest BCUT2D eigenvalue weighted by Gasteiger charge is 2.32. The van der Waals surface area contributed by atoms with Gasteiger partial charge in [0.1, 0.15) is 5.72 Å². The Labute approximate surface area is 93.0 Å². The lowest BCUT2D eigenvalue weighted by molar-refractivity contribution is -0.110. The summed E-state index contributed by atoms with van der Waals surface area (Å²) < 4.78 is 5.93. The predicted molar refractivity (Wildman–Crippen MR) is 61.8 cm³/mol. The van der Waals surface area contributed by atoms with Crippen LogP contribution in [-0.2, 0) is 4.74 Å². The molecule has 3 atom stereocenters. The van der Waals surface area contributed by atoms with E-state index in [4.69, 9.17) is 4.74 Å². The monoisotopic (exact) mass is 212 g/mol. The molecule has 0 bridgehead atoms. The lowest BCUT2D eigenvalue weighted by Gasteiger charge is -2.40. The van der Waals surface area contributed by atoms with Crippen LogP contribution in [0.2, 0.25) is 0 Å². The SMILES string of the molecule is CC1CNC(C)(CC2CCCCN2)OC1. The van der Waals surface area contributed by atoms with Gasteiger partial charge in [-0.25, -0.2) is 0 Å². The minimum atomic E-state index is -0.0957. The van der Waals surface area contributed by atoms with Crippen LogP contribution in [0.15, 0.2) is 0 Å². The molecule has 0 aromatic rings. The maximum atomic E-state index is 5.93. The highest BCUT2D eigenvalue weighted by Crippen LogP contribution is 2.23. The summed E-state index contributed by atoms with van der Waals surface area (Å²) in [4.78, 5) is 0. The summed E-state index contributed by atoms with van der Waals surface area (Å²) >= 11 is 0. The van der Waals surface area contributed by atoms with Crippen LogP contribution < -0.4 is 10.6 Å². The van der Waals surface area contributed by atoms with Crippen LogP contribution in [-0.4, -0.2) is 31.5 Å². The molecule has 2 aliphatic heterocycles. The third-order valence-electron chi connectivity index (χ3n) is 3.56. The first-order chi connectivity index (χ1) is 7.18. The zero-order valence-electron chi connectivity index (χ0n) is 10.0. The van der Waals surface area contributed by atoms with Gasteiger partial charge in [0.05, 0.1) is 6.61 Å². The average molecular weight is 212 g/mol. The number of piperidine rings is 1. The van der Waals surface area contributed by atoms with E-state index in [9.17, 15) is 0 Å². The van der Waals surface area contributed by atoms with Crippen molar-refractivity contribution in [3.8, 4) is 0 Å². The van der Waals surface area contributed by atoms with E-state index in [0.29, 0.717) is 12.0 Å². The van der Waals surface area contributed by atoms with Gasteiger partial charge < -0.3 is 10.1 Å². The summed E-state index contributed by atoms with van der Waals surface area (Å²) in [5, 5.41) is 7.11. The second-order valence-corrected chi connectivity index (χ2v) is 5.38. The van der Waals surface area contributed by atoms with Crippen LogP contribution in [0.5, 0.6) is 0 Å². The molecule has 2 rings (SSSR count). The van der Waals surface area contributed by atoms with E-state index in [1.54, 1.807) is 0 Å². The van der Waals surface area contributed by atoms with Gasteiger partial charge in [-0.15, -0.1) is 0 Å². The van der Waals surface area contributed by atoms with Crippen LogP contribution in [0.4, 0.5) is 0 Å². The summed E-state index contributed by atoms with van der Waals surface area (Å²) in [6.07, 6.45) is 5.10. The molecule has 2 heterocycles. The van der Waals surface area contributed by atoms with E-state index >= 15 is 0 Å². The van der Waals surface area contributed by atoms with Gasteiger partial charge in [0.15, 0.2) is 0 Å². The van der Waals surface area contributed by atoms with Gasteiger partial charge in [-0.05, 0) is 32.2 Å². The number of nitrogens with one attached hydrogen (secondary N) is 2. The minimum absolute atomic E-state index is 0.0957. The van der Waals surface area contributed by atoms with Crippen molar-refractivity contribution in [2.24, 2.45) is 5.92 Å². The topological polar surface area (TPSA) is 33.3 Å². The second kappa shape index (κ2) is 4.81. The lowest BCUT2D eigenvalue weighted by atomic mass is 9.95. The zero-order valence-corrected chi connectivity index (χ0v) is 10.0. The molecule has 2 saturated heterocycles. The van der Waals surface area contributed by atoms with E-state index in [-0.39, 0.29) is 5.72 Å². The Hall–Kier alpha value is -0.120. The largest absolute Gasteiger partial charge is 0.361 e. The van der Waals surface area contributed by atoms with Gasteiger partial charge in [0, 0.05) is 19.0 Å². The normalized spacial score (nSPS) is 42.8. The van der Waals surface area contributed by atoms with E-state index in [2.05, 4.69) is 24.5 Å². The number of hydrogen-bond donors (Lipinski definition) is 2. The third kappa shape index (κ3) is 3.16. The molecule has 0 radical (unpaired) electrons. The first-order valence-corrected chi connectivity index (χ1v) is 6.30. The predicted octanol–water partition coefficient (Wildman–Crippen LogP) is 1.49. The summed E-state index contributed by atoms with van der Waals surface area (Å²) in [5.74, 6) is 0.650. The fraction of sp³-hybridized carbons (Fsp3) is 1.00. The van der Waals surface area contributed by atoms with E-state index < -0.39 is 0 Å². The standard InChI is InChI=1S/C12H24N2O/c1-10-8-14-12(2,15-9-10)7-11-5-3-4-6-13-11/h10-11,13-14H,3-9H2,1-2H3. The molecule has 0 aliphatic carbocycles. The molecule has 2 fully saturated rings. The molecule has 0 spiro atoms. The first-order valence-electron chi connectivity index (χ1n) is 6.30. The van der Waals surface area contributed by atoms with Crippen molar-refractivity contribution in [1.82, 2.24) is 10.6 Å². The van der Waals surface area contributed by atoms with Gasteiger partial charge in [0.25, 0.3) is 0 Å². The Morgan fingerprint density at radius 3 is 2.87 bits per heavy atom. The molecular weight excluding hydrogens is 188 g/mol. The van der Waals surface area contributed by atoms with E-state index in [1.165, 1.54) is 25.8 Å². The summed E-state index contributed by atoms with van der Waals surface area (Å²) in [6.45, 7) is 7.58. The molecule has 2 aliphatic rings. The highest BCUT2D eigenvalue weighted by atomic mass is 16.5. The minimum Gasteiger partial charge on any atom is -0.361 e. The molecule has 2 N–H and O–H groups in total. The summed E-state index contributed by atoms with van der Waals surface area (Å²) in [6, 6.07) is 0.643. The van der Waals surface area contributed by atoms with Crippen molar-refractivity contribution in [2.75, 3.05) is 19.7 Å². The molecule has 15 heavy (non-hydrogen) atoms. The third-order valence-corrected chi connectivity index (χ3v) is 3.56. The Morgan fingerprint density at radius 1 is 1.40 bits per heavy atom. The fourth-order valence-corrected chi connectivity index (χ4v) is 2.53. The Balaban J connectivity index is 1.81. The number of rotatable bonds is 2. The highest BCUT2D eigenvalue weighted by molar-refractivity contribution is 4.85. The number of hydrogen-bond acceptors (Lipinski definition) is 3. The second-order valence-electron chi connectivity index (χ2n) is 5.38. The quantitative estimate of drug-likeness (QED) is 0.727. The Kier molecular flexibility index (Phi) is 3.65. The van der Waals surface area contributed by atoms with Gasteiger partial charge in [-0.2, -0.15) is 0 Å². The van der Waals surface area contributed by atoms with Crippen molar-refractivity contribution >= 4 is 0 Å². The molecule has 0 saturated carbocycles. The van der Waals surface area contributed by atoms with Crippen LogP contribution in [0.25, 0.3) is 0 Å². The van der Waals surface area contributed by atoms with Crippen LogP contribution in [0, 0.1) is 5.92 Å². The zero-order chi connectivity index (χ0) is 10.7. The van der Waals surface area contributed by atoms with Crippen molar-refractivity contribution in [1.29, 1.82) is 0 Å². The number of ether oxygens (including phenoxy) is 1.